The molecule has 3 nitrogen and oxygen atoms in total. The second kappa shape index (κ2) is 4.51. The fourth-order valence-electron chi connectivity index (χ4n) is 2.23. The Bertz CT molecular complexity index is 465. The molecular formula is C12H12F3NO2. The van der Waals surface area contributed by atoms with Gasteiger partial charge in [0.2, 0.25) is 0 Å². The van der Waals surface area contributed by atoms with Crippen molar-refractivity contribution < 1.29 is 23.1 Å². The normalized spacial score (nSPS) is 16.1. The third-order valence-corrected chi connectivity index (χ3v) is 2.99. The maximum atomic E-state index is 12.9. The van der Waals surface area contributed by atoms with Crippen LogP contribution in [0.2, 0.25) is 0 Å². The lowest BCUT2D eigenvalue weighted by Gasteiger charge is -2.24. The molecule has 1 aromatic carbocycles. The number of halogens is 3. The molecule has 1 aromatic rings. The highest BCUT2D eigenvalue weighted by Gasteiger charge is 2.37. The third-order valence-electron chi connectivity index (χ3n) is 2.99. The smallest absolute Gasteiger partial charge is 0.418 e. The summed E-state index contributed by atoms with van der Waals surface area (Å²) in [4.78, 5) is 12.6. The Kier molecular flexibility index (Phi) is 3.19. The van der Waals surface area contributed by atoms with Crippen LogP contribution in [0.3, 0.4) is 0 Å². The van der Waals surface area contributed by atoms with E-state index >= 15 is 0 Å². The minimum Gasteiger partial charge on any atom is -0.478 e. The Labute approximate surface area is 102 Å². The van der Waals surface area contributed by atoms with Crippen LogP contribution in [0.15, 0.2) is 18.2 Å². The van der Waals surface area contributed by atoms with Crippen molar-refractivity contribution in [3.05, 3.63) is 29.3 Å². The summed E-state index contributed by atoms with van der Waals surface area (Å²) in [5, 5.41) is 9.02. The fourth-order valence-corrected chi connectivity index (χ4v) is 2.23. The number of carboxylic acids is 1. The summed E-state index contributed by atoms with van der Waals surface area (Å²) in [6, 6.07) is 3.27. The summed E-state index contributed by atoms with van der Waals surface area (Å²) in [6.07, 6.45) is -2.97. The average molecular weight is 259 g/mol. The fraction of sp³-hybridized carbons (Fsp3) is 0.417. The van der Waals surface area contributed by atoms with Crippen LogP contribution in [0, 0.1) is 0 Å². The molecule has 0 spiro atoms. The molecule has 0 radical (unpaired) electrons. The van der Waals surface area contributed by atoms with Gasteiger partial charge in [-0.15, -0.1) is 0 Å². The molecule has 2 rings (SSSR count). The Morgan fingerprint density at radius 2 is 1.83 bits per heavy atom. The first-order chi connectivity index (χ1) is 8.41. The van der Waals surface area contributed by atoms with Crippen LogP contribution in [0.25, 0.3) is 0 Å². The van der Waals surface area contributed by atoms with Crippen LogP contribution < -0.4 is 4.90 Å². The van der Waals surface area contributed by atoms with Crippen molar-refractivity contribution in [1.29, 1.82) is 0 Å². The standard InChI is InChI=1S/C12H12F3NO2/c13-12(14,15)9-5-3-4-8(11(17)18)10(9)16-6-1-2-7-16/h3-5H,1-2,6-7H2,(H,17,18). The molecule has 0 aliphatic carbocycles. The van der Waals surface area contributed by atoms with E-state index in [0.717, 1.165) is 25.0 Å². The highest BCUT2D eigenvalue weighted by atomic mass is 19.4. The van der Waals surface area contributed by atoms with Crippen molar-refractivity contribution in [3.63, 3.8) is 0 Å². The molecule has 6 heteroatoms. The monoisotopic (exact) mass is 259 g/mol. The van der Waals surface area contributed by atoms with Crippen LogP contribution in [0.5, 0.6) is 0 Å². The molecular weight excluding hydrogens is 247 g/mol. The van der Waals surface area contributed by atoms with Crippen molar-refractivity contribution in [2.75, 3.05) is 18.0 Å². The van der Waals surface area contributed by atoms with Gasteiger partial charge in [-0.1, -0.05) is 6.07 Å². The van der Waals surface area contributed by atoms with Gasteiger partial charge < -0.3 is 10.0 Å². The minimum absolute atomic E-state index is 0.199. The lowest BCUT2D eigenvalue weighted by molar-refractivity contribution is -0.137. The summed E-state index contributed by atoms with van der Waals surface area (Å²) in [5.41, 5.74) is -1.36. The van der Waals surface area contributed by atoms with Gasteiger partial charge in [0, 0.05) is 13.1 Å². The van der Waals surface area contributed by atoms with Crippen LogP contribution in [0.4, 0.5) is 18.9 Å². The number of hydrogen-bond donors (Lipinski definition) is 1. The van der Waals surface area contributed by atoms with E-state index in [2.05, 4.69) is 0 Å². The maximum Gasteiger partial charge on any atom is 0.418 e. The molecule has 1 aliphatic rings. The van der Waals surface area contributed by atoms with Crippen molar-refractivity contribution in [3.8, 4) is 0 Å². The number of alkyl halides is 3. The van der Waals surface area contributed by atoms with Gasteiger partial charge in [-0.25, -0.2) is 4.79 Å². The quantitative estimate of drug-likeness (QED) is 0.887. The number of carbonyl (C=O) groups is 1. The van der Waals surface area contributed by atoms with Gasteiger partial charge in [-0.2, -0.15) is 13.2 Å². The van der Waals surface area contributed by atoms with E-state index < -0.39 is 17.7 Å². The number of benzene rings is 1. The predicted molar refractivity (Wildman–Crippen MR) is 59.9 cm³/mol. The third kappa shape index (κ3) is 2.27. The van der Waals surface area contributed by atoms with E-state index in [1.54, 1.807) is 0 Å². The highest BCUT2D eigenvalue weighted by Crippen LogP contribution is 2.39. The number of carboxylic acid groups (broad SMARTS) is 1. The highest BCUT2D eigenvalue weighted by molar-refractivity contribution is 5.95. The summed E-state index contributed by atoms with van der Waals surface area (Å²) < 4.78 is 38.8. The zero-order valence-electron chi connectivity index (χ0n) is 9.50. The lowest BCUT2D eigenvalue weighted by atomic mass is 10.1. The van der Waals surface area contributed by atoms with Gasteiger partial charge in [-0.05, 0) is 25.0 Å². The van der Waals surface area contributed by atoms with E-state index in [9.17, 15) is 18.0 Å². The summed E-state index contributed by atoms with van der Waals surface area (Å²) in [7, 11) is 0. The number of rotatable bonds is 2. The number of nitrogens with zero attached hydrogens (tertiary/aromatic N) is 1. The molecule has 0 aromatic heterocycles. The van der Waals surface area contributed by atoms with Crippen LogP contribution in [-0.4, -0.2) is 24.2 Å². The van der Waals surface area contributed by atoms with E-state index in [1.807, 2.05) is 0 Å². The van der Waals surface area contributed by atoms with Crippen molar-refractivity contribution >= 4 is 11.7 Å². The molecule has 0 bridgehead atoms. The van der Waals surface area contributed by atoms with Crippen molar-refractivity contribution in [2.45, 2.75) is 19.0 Å². The van der Waals surface area contributed by atoms with Crippen LogP contribution >= 0.6 is 0 Å². The Morgan fingerprint density at radius 1 is 1.22 bits per heavy atom. The summed E-state index contributed by atoms with van der Waals surface area (Å²) in [5.74, 6) is -1.33. The Hall–Kier alpha value is -1.72. The minimum atomic E-state index is -4.54. The van der Waals surface area contributed by atoms with Gasteiger partial charge in [0.1, 0.15) is 0 Å². The van der Waals surface area contributed by atoms with Crippen molar-refractivity contribution in [2.24, 2.45) is 0 Å². The van der Waals surface area contributed by atoms with E-state index in [4.69, 9.17) is 5.11 Å². The molecule has 1 N–H and O–H groups in total. The first kappa shape index (κ1) is 12.7. The van der Waals surface area contributed by atoms with E-state index in [1.165, 1.54) is 11.0 Å². The van der Waals surface area contributed by atoms with Crippen LogP contribution in [-0.2, 0) is 6.18 Å². The lowest BCUT2D eigenvalue weighted by Crippen LogP contribution is -2.24. The maximum absolute atomic E-state index is 12.9. The zero-order valence-corrected chi connectivity index (χ0v) is 9.50. The molecule has 1 aliphatic heterocycles. The molecule has 0 saturated carbocycles. The number of para-hydroxylation sites is 1. The van der Waals surface area contributed by atoms with E-state index in [0.29, 0.717) is 13.1 Å². The zero-order chi connectivity index (χ0) is 13.3. The second-order valence-corrected chi connectivity index (χ2v) is 4.20. The molecule has 18 heavy (non-hydrogen) atoms. The van der Waals surface area contributed by atoms with Gasteiger partial charge >= 0.3 is 12.1 Å². The topological polar surface area (TPSA) is 40.5 Å². The summed E-state index contributed by atoms with van der Waals surface area (Å²) in [6.45, 7) is 0.931. The summed E-state index contributed by atoms with van der Waals surface area (Å²) >= 11 is 0. The largest absolute Gasteiger partial charge is 0.478 e. The molecule has 0 atom stereocenters. The average Bonchev–Trinajstić information content (AvgIpc) is 2.79. The molecule has 1 heterocycles. The van der Waals surface area contributed by atoms with Crippen LogP contribution in [0.1, 0.15) is 28.8 Å². The second-order valence-electron chi connectivity index (χ2n) is 4.20. The molecule has 0 amide bonds. The first-order valence-corrected chi connectivity index (χ1v) is 5.59. The van der Waals surface area contributed by atoms with Gasteiger partial charge in [0.05, 0.1) is 16.8 Å². The molecule has 1 saturated heterocycles. The van der Waals surface area contributed by atoms with Gasteiger partial charge in [0.15, 0.2) is 0 Å². The van der Waals surface area contributed by atoms with Gasteiger partial charge in [-0.3, -0.25) is 0 Å². The molecule has 0 unspecified atom stereocenters. The Balaban J connectivity index is 2.59. The van der Waals surface area contributed by atoms with Crippen molar-refractivity contribution in [1.82, 2.24) is 0 Å². The van der Waals surface area contributed by atoms with E-state index in [-0.39, 0.29) is 11.3 Å². The molecule has 1 fully saturated rings. The number of aromatic carboxylic acids is 1. The SMILES string of the molecule is O=C(O)c1cccc(C(F)(F)F)c1N1CCCC1. The Morgan fingerprint density at radius 3 is 2.33 bits per heavy atom. The number of hydrogen-bond acceptors (Lipinski definition) is 2. The molecule has 98 valence electrons. The van der Waals surface area contributed by atoms with Gasteiger partial charge in [0.25, 0.3) is 0 Å². The number of anilines is 1. The first-order valence-electron chi connectivity index (χ1n) is 5.59. The predicted octanol–water partition coefficient (Wildman–Crippen LogP) is 3.00.